The maximum atomic E-state index is 12.3. The van der Waals surface area contributed by atoms with Gasteiger partial charge in [0.2, 0.25) is 5.91 Å². The summed E-state index contributed by atoms with van der Waals surface area (Å²) in [4.78, 5) is 24.0. The Bertz CT molecular complexity index is 456. The number of hydrogen-bond acceptors (Lipinski definition) is 10. The molecule has 0 saturated carbocycles. The van der Waals surface area contributed by atoms with Gasteiger partial charge in [0.05, 0.1) is 38.3 Å². The molecule has 0 aliphatic rings. The van der Waals surface area contributed by atoms with E-state index in [-0.39, 0.29) is 58.3 Å². The van der Waals surface area contributed by atoms with Crippen LogP contribution in [-0.2, 0) is 42.7 Å². The van der Waals surface area contributed by atoms with Gasteiger partial charge < -0.3 is 43.6 Å². The van der Waals surface area contributed by atoms with E-state index in [0.717, 1.165) is 19.3 Å². The highest BCUT2D eigenvalue weighted by atomic mass is 16.5. The molecular formula is C23H45NO10. The smallest absolute Gasteiger partial charge is 0.306 e. The largest absolute Gasteiger partial charge is 0.465 e. The molecule has 0 rings (SSSR count). The number of hydrogen-bond donors (Lipinski definition) is 2. The van der Waals surface area contributed by atoms with Crippen molar-refractivity contribution >= 4 is 11.9 Å². The van der Waals surface area contributed by atoms with E-state index in [1.54, 1.807) is 21.3 Å². The van der Waals surface area contributed by atoms with Crippen LogP contribution in [0.4, 0.5) is 0 Å². The summed E-state index contributed by atoms with van der Waals surface area (Å²) in [5.41, 5.74) is -0.706. The molecule has 1 amide bonds. The van der Waals surface area contributed by atoms with Gasteiger partial charge in [-0.2, -0.15) is 0 Å². The van der Waals surface area contributed by atoms with Gasteiger partial charge in [-0.1, -0.05) is 0 Å². The summed E-state index contributed by atoms with van der Waals surface area (Å²) in [6.07, 6.45) is 2.13. The highest BCUT2D eigenvalue weighted by molar-refractivity contribution is 5.81. The van der Waals surface area contributed by atoms with Crippen molar-refractivity contribution in [3.63, 3.8) is 0 Å². The summed E-state index contributed by atoms with van der Waals surface area (Å²) < 4.78 is 38.3. The topological polar surface area (TPSA) is 131 Å². The molecule has 0 saturated heterocycles. The Labute approximate surface area is 203 Å². The molecule has 0 fully saturated rings. The van der Waals surface area contributed by atoms with Crippen molar-refractivity contribution in [3.8, 4) is 0 Å². The standard InChI is InChI=1S/C23H45NO10/c1-28-11-4-14-31-17-23(18-32-15-5-12-29-2,19-33-16-6-13-30-3)20-34-22(27)8-7-21(26)24-9-10-25/h25H,4-20H2,1-3H3,(H,24,26). The Morgan fingerprint density at radius 2 is 1.18 bits per heavy atom. The number of ether oxygens (including phenoxy) is 7. The van der Waals surface area contributed by atoms with Crippen LogP contribution in [0.25, 0.3) is 0 Å². The van der Waals surface area contributed by atoms with Gasteiger partial charge in [-0.15, -0.1) is 0 Å². The van der Waals surface area contributed by atoms with E-state index in [1.807, 2.05) is 0 Å². The summed E-state index contributed by atoms with van der Waals surface area (Å²) >= 11 is 0. The quantitative estimate of drug-likeness (QED) is 0.137. The third-order valence-electron chi connectivity index (χ3n) is 4.67. The summed E-state index contributed by atoms with van der Waals surface area (Å²) in [5, 5.41) is 11.3. The van der Waals surface area contributed by atoms with Crippen LogP contribution in [0.1, 0.15) is 32.1 Å². The van der Waals surface area contributed by atoms with Crippen molar-refractivity contribution in [1.82, 2.24) is 5.32 Å². The summed E-state index contributed by atoms with van der Waals surface area (Å²) in [6.45, 7) is 4.06. The molecule has 0 aromatic carbocycles. The Hall–Kier alpha value is -1.34. The maximum Gasteiger partial charge on any atom is 0.306 e. The molecule has 11 nitrogen and oxygen atoms in total. The minimum Gasteiger partial charge on any atom is -0.465 e. The van der Waals surface area contributed by atoms with Gasteiger partial charge in [0.15, 0.2) is 0 Å². The van der Waals surface area contributed by atoms with Gasteiger partial charge in [-0.05, 0) is 19.3 Å². The highest BCUT2D eigenvalue weighted by Crippen LogP contribution is 2.22. The van der Waals surface area contributed by atoms with Crippen LogP contribution in [-0.4, -0.2) is 118 Å². The lowest BCUT2D eigenvalue weighted by Gasteiger charge is -2.32. The summed E-state index contributed by atoms with van der Waals surface area (Å²) in [7, 11) is 4.90. The Morgan fingerprint density at radius 1 is 0.706 bits per heavy atom. The number of rotatable bonds is 25. The van der Waals surface area contributed by atoms with Crippen LogP contribution in [0, 0.1) is 5.41 Å². The predicted octanol–water partition coefficient (Wildman–Crippen LogP) is 0.564. The van der Waals surface area contributed by atoms with Gasteiger partial charge in [-0.25, -0.2) is 0 Å². The number of methoxy groups -OCH3 is 3. The second kappa shape index (κ2) is 23.4. The molecule has 0 aliphatic carbocycles. The molecule has 0 atom stereocenters. The highest BCUT2D eigenvalue weighted by Gasteiger charge is 2.34. The van der Waals surface area contributed by atoms with Gasteiger partial charge in [0, 0.05) is 73.9 Å². The normalized spacial score (nSPS) is 11.5. The summed E-state index contributed by atoms with van der Waals surface area (Å²) in [6, 6.07) is 0. The molecule has 11 heteroatoms. The van der Waals surface area contributed by atoms with Crippen molar-refractivity contribution in [2.75, 3.05) is 101 Å². The molecule has 0 heterocycles. The molecule has 0 unspecified atom stereocenters. The molecule has 0 spiro atoms. The van der Waals surface area contributed by atoms with Gasteiger partial charge in [0.1, 0.15) is 6.61 Å². The second-order valence-electron chi connectivity index (χ2n) is 7.93. The first-order valence-electron chi connectivity index (χ1n) is 11.8. The van der Waals surface area contributed by atoms with Crippen LogP contribution >= 0.6 is 0 Å². The molecule has 0 bridgehead atoms. The van der Waals surface area contributed by atoms with Crippen LogP contribution in [0.15, 0.2) is 0 Å². The zero-order valence-corrected chi connectivity index (χ0v) is 21.1. The number of amides is 1. The lowest BCUT2D eigenvalue weighted by molar-refractivity contribution is -0.157. The zero-order chi connectivity index (χ0) is 25.3. The lowest BCUT2D eigenvalue weighted by Crippen LogP contribution is -2.42. The fourth-order valence-corrected chi connectivity index (χ4v) is 2.84. The number of aliphatic hydroxyl groups is 1. The van der Waals surface area contributed by atoms with E-state index < -0.39 is 11.4 Å². The van der Waals surface area contributed by atoms with Crippen LogP contribution in [0.3, 0.4) is 0 Å². The fraction of sp³-hybridized carbons (Fsp3) is 0.913. The van der Waals surface area contributed by atoms with E-state index >= 15 is 0 Å². The molecule has 0 radical (unpaired) electrons. The van der Waals surface area contributed by atoms with Crippen LogP contribution in [0.5, 0.6) is 0 Å². The SMILES string of the molecule is COCCCOCC(COCCCOC)(COCCCOC)COC(=O)CCC(=O)NCCO. The van der Waals surface area contributed by atoms with Gasteiger partial charge >= 0.3 is 5.97 Å². The fourth-order valence-electron chi connectivity index (χ4n) is 2.84. The number of carbonyl (C=O) groups excluding carboxylic acids is 2. The average molecular weight is 496 g/mol. The Kier molecular flexibility index (Phi) is 22.5. The molecule has 0 aromatic rings. The molecule has 34 heavy (non-hydrogen) atoms. The molecular weight excluding hydrogens is 450 g/mol. The molecule has 0 aliphatic heterocycles. The van der Waals surface area contributed by atoms with E-state index in [4.69, 9.17) is 38.3 Å². The van der Waals surface area contributed by atoms with Gasteiger partial charge in [-0.3, -0.25) is 9.59 Å². The first kappa shape index (κ1) is 32.7. The van der Waals surface area contributed by atoms with Crippen molar-refractivity contribution in [2.45, 2.75) is 32.1 Å². The third kappa shape index (κ3) is 19.0. The van der Waals surface area contributed by atoms with Crippen LogP contribution < -0.4 is 5.32 Å². The average Bonchev–Trinajstić information content (AvgIpc) is 2.84. The molecule has 2 N–H and O–H groups in total. The predicted molar refractivity (Wildman–Crippen MR) is 125 cm³/mol. The molecule has 0 aromatic heterocycles. The maximum absolute atomic E-state index is 12.3. The number of aliphatic hydroxyl groups excluding tert-OH is 1. The Morgan fingerprint density at radius 3 is 1.59 bits per heavy atom. The Balaban J connectivity index is 4.96. The van der Waals surface area contributed by atoms with Gasteiger partial charge in [0.25, 0.3) is 0 Å². The van der Waals surface area contributed by atoms with E-state index in [1.165, 1.54) is 0 Å². The van der Waals surface area contributed by atoms with E-state index in [0.29, 0.717) is 39.6 Å². The zero-order valence-electron chi connectivity index (χ0n) is 21.1. The number of nitrogens with one attached hydrogen (secondary N) is 1. The number of esters is 1. The van der Waals surface area contributed by atoms with E-state index in [2.05, 4.69) is 5.32 Å². The minimum absolute atomic E-state index is 0.0135. The van der Waals surface area contributed by atoms with Crippen molar-refractivity contribution in [3.05, 3.63) is 0 Å². The number of carbonyl (C=O) groups is 2. The second-order valence-corrected chi connectivity index (χ2v) is 7.93. The van der Waals surface area contributed by atoms with E-state index in [9.17, 15) is 9.59 Å². The molecule has 202 valence electrons. The first-order chi connectivity index (χ1) is 16.5. The first-order valence-corrected chi connectivity index (χ1v) is 11.8. The van der Waals surface area contributed by atoms with Crippen molar-refractivity contribution in [2.24, 2.45) is 5.41 Å². The van der Waals surface area contributed by atoms with Crippen molar-refractivity contribution in [1.29, 1.82) is 0 Å². The van der Waals surface area contributed by atoms with Crippen molar-refractivity contribution < 1.29 is 47.9 Å². The third-order valence-corrected chi connectivity index (χ3v) is 4.67. The minimum atomic E-state index is -0.706. The van der Waals surface area contributed by atoms with Crippen LogP contribution in [0.2, 0.25) is 0 Å². The monoisotopic (exact) mass is 495 g/mol. The summed E-state index contributed by atoms with van der Waals surface area (Å²) in [5.74, 6) is -0.816. The lowest BCUT2D eigenvalue weighted by atomic mass is 9.92.